The van der Waals surface area contributed by atoms with Crippen LogP contribution in [0.25, 0.3) is 0 Å². The average Bonchev–Trinajstić information content (AvgIpc) is 3.37. The van der Waals surface area contributed by atoms with Gasteiger partial charge >= 0.3 is 0 Å². The molecule has 27 heavy (non-hydrogen) atoms. The van der Waals surface area contributed by atoms with Crippen LogP contribution < -0.4 is 4.74 Å². The van der Waals surface area contributed by atoms with Gasteiger partial charge in [0.05, 0.1) is 0 Å². The molecule has 2 fully saturated rings. The van der Waals surface area contributed by atoms with Crippen molar-refractivity contribution < 1.29 is 14.3 Å². The van der Waals surface area contributed by atoms with Crippen LogP contribution in [0.15, 0.2) is 18.2 Å². The predicted molar refractivity (Wildman–Crippen MR) is 104 cm³/mol. The number of carbonyl (C=O) groups is 2. The summed E-state index contributed by atoms with van der Waals surface area (Å²) >= 11 is 0. The topological polar surface area (TPSA) is 49.9 Å². The lowest BCUT2D eigenvalue weighted by atomic mass is 10.0. The molecule has 0 aromatic heterocycles. The number of piperazine rings is 1. The summed E-state index contributed by atoms with van der Waals surface area (Å²) in [6.07, 6.45) is 9.09. The van der Waals surface area contributed by atoms with E-state index < -0.39 is 0 Å². The minimum atomic E-state index is 0.0124. The number of ether oxygens (including phenoxy) is 1. The standard InChI is InChI=1S/C22H30N2O3/c25-21(14-17-4-1-2-5-17)23-10-12-24(13-11-23)22(26)16-27-20-9-8-18-6-3-7-19(18)15-20/h8-9,15,17H,1-7,10-14,16H2. The van der Waals surface area contributed by atoms with Crippen molar-refractivity contribution in [3.05, 3.63) is 29.3 Å². The van der Waals surface area contributed by atoms with Gasteiger partial charge in [-0.2, -0.15) is 0 Å². The highest BCUT2D eigenvalue weighted by molar-refractivity contribution is 5.79. The van der Waals surface area contributed by atoms with Crippen molar-refractivity contribution in [2.75, 3.05) is 32.8 Å². The first kappa shape index (κ1) is 18.3. The molecule has 5 nitrogen and oxygen atoms in total. The van der Waals surface area contributed by atoms with Crippen LogP contribution in [0.2, 0.25) is 0 Å². The fourth-order valence-corrected chi connectivity index (χ4v) is 4.67. The summed E-state index contributed by atoms with van der Waals surface area (Å²) in [5.41, 5.74) is 2.77. The molecule has 1 aromatic carbocycles. The molecule has 2 amide bonds. The summed E-state index contributed by atoms with van der Waals surface area (Å²) in [5, 5.41) is 0. The molecule has 3 aliphatic rings. The molecule has 0 N–H and O–H groups in total. The lowest BCUT2D eigenvalue weighted by Gasteiger charge is -2.35. The molecule has 1 saturated heterocycles. The molecule has 0 atom stereocenters. The smallest absolute Gasteiger partial charge is 0.260 e. The van der Waals surface area contributed by atoms with Gasteiger partial charge in [-0.15, -0.1) is 0 Å². The van der Waals surface area contributed by atoms with E-state index in [-0.39, 0.29) is 18.4 Å². The molecular weight excluding hydrogens is 340 g/mol. The molecule has 1 aromatic rings. The number of benzene rings is 1. The van der Waals surface area contributed by atoms with Crippen molar-refractivity contribution in [2.24, 2.45) is 5.92 Å². The van der Waals surface area contributed by atoms with Crippen molar-refractivity contribution in [3.8, 4) is 5.75 Å². The molecule has 0 unspecified atom stereocenters. The third kappa shape index (κ3) is 4.45. The van der Waals surface area contributed by atoms with Gasteiger partial charge in [0.15, 0.2) is 6.61 Å². The van der Waals surface area contributed by atoms with Gasteiger partial charge in [0.1, 0.15) is 5.75 Å². The average molecular weight is 370 g/mol. The summed E-state index contributed by atoms with van der Waals surface area (Å²) < 4.78 is 5.74. The van der Waals surface area contributed by atoms with Crippen LogP contribution in [0.4, 0.5) is 0 Å². The number of amides is 2. The fourth-order valence-electron chi connectivity index (χ4n) is 4.67. The number of hydrogen-bond acceptors (Lipinski definition) is 3. The van der Waals surface area contributed by atoms with Gasteiger partial charge in [0.25, 0.3) is 5.91 Å². The van der Waals surface area contributed by atoms with Crippen molar-refractivity contribution in [2.45, 2.75) is 51.4 Å². The zero-order chi connectivity index (χ0) is 18.6. The summed E-state index contributed by atoms with van der Waals surface area (Å²) in [5.74, 6) is 1.65. The normalized spacial score (nSPS) is 20.0. The minimum Gasteiger partial charge on any atom is -0.484 e. The molecule has 5 heteroatoms. The Morgan fingerprint density at radius 3 is 2.30 bits per heavy atom. The SMILES string of the molecule is O=C(COc1ccc2c(c1)CCC2)N1CCN(C(=O)CC2CCCC2)CC1. The highest BCUT2D eigenvalue weighted by Gasteiger charge is 2.27. The van der Waals surface area contributed by atoms with E-state index in [1.807, 2.05) is 15.9 Å². The molecule has 0 bridgehead atoms. The highest BCUT2D eigenvalue weighted by Crippen LogP contribution is 2.28. The van der Waals surface area contributed by atoms with E-state index in [1.54, 1.807) is 0 Å². The van der Waals surface area contributed by atoms with Gasteiger partial charge in [0, 0.05) is 32.6 Å². The van der Waals surface area contributed by atoms with Gasteiger partial charge in [-0.3, -0.25) is 9.59 Å². The Balaban J connectivity index is 1.21. The first-order valence-corrected chi connectivity index (χ1v) is 10.5. The highest BCUT2D eigenvalue weighted by atomic mass is 16.5. The Bertz CT molecular complexity index is 689. The number of nitrogens with zero attached hydrogens (tertiary/aromatic N) is 2. The Morgan fingerprint density at radius 1 is 0.889 bits per heavy atom. The Labute approximate surface area is 161 Å². The van der Waals surface area contributed by atoms with Gasteiger partial charge in [0.2, 0.25) is 5.91 Å². The van der Waals surface area contributed by atoms with Gasteiger partial charge < -0.3 is 14.5 Å². The van der Waals surface area contributed by atoms with E-state index >= 15 is 0 Å². The van der Waals surface area contributed by atoms with Crippen molar-refractivity contribution in [1.82, 2.24) is 9.80 Å². The van der Waals surface area contributed by atoms with Crippen LogP contribution in [-0.2, 0) is 22.4 Å². The van der Waals surface area contributed by atoms with Gasteiger partial charge in [-0.05, 0) is 61.3 Å². The number of carbonyl (C=O) groups excluding carboxylic acids is 2. The predicted octanol–water partition coefficient (Wildman–Crippen LogP) is 2.81. The van der Waals surface area contributed by atoms with Crippen molar-refractivity contribution in [1.29, 1.82) is 0 Å². The third-order valence-corrected chi connectivity index (χ3v) is 6.36. The first-order valence-electron chi connectivity index (χ1n) is 10.5. The molecule has 1 saturated carbocycles. The molecule has 1 aliphatic heterocycles. The largest absolute Gasteiger partial charge is 0.484 e. The summed E-state index contributed by atoms with van der Waals surface area (Å²) in [4.78, 5) is 28.7. The summed E-state index contributed by atoms with van der Waals surface area (Å²) in [6, 6.07) is 6.17. The maximum absolute atomic E-state index is 12.5. The Kier molecular flexibility index (Phi) is 5.65. The number of fused-ring (bicyclic) bond motifs is 1. The molecule has 2 aliphatic carbocycles. The number of aryl methyl sites for hydroxylation is 2. The van der Waals surface area contributed by atoms with E-state index in [9.17, 15) is 9.59 Å². The van der Waals surface area contributed by atoms with Crippen LogP contribution >= 0.6 is 0 Å². The van der Waals surface area contributed by atoms with E-state index in [1.165, 1.54) is 43.2 Å². The second kappa shape index (κ2) is 8.32. The number of hydrogen-bond donors (Lipinski definition) is 0. The van der Waals surface area contributed by atoms with E-state index in [2.05, 4.69) is 12.1 Å². The van der Waals surface area contributed by atoms with Crippen molar-refractivity contribution >= 4 is 11.8 Å². The molecule has 1 heterocycles. The molecule has 146 valence electrons. The molecule has 4 rings (SSSR count). The second-order valence-corrected chi connectivity index (χ2v) is 8.19. The van der Waals surface area contributed by atoms with E-state index in [0.717, 1.165) is 18.6 Å². The van der Waals surface area contributed by atoms with E-state index in [4.69, 9.17) is 4.74 Å². The summed E-state index contributed by atoms with van der Waals surface area (Å²) in [6.45, 7) is 2.60. The van der Waals surface area contributed by atoms with Crippen molar-refractivity contribution in [3.63, 3.8) is 0 Å². The lowest BCUT2D eigenvalue weighted by molar-refractivity contribution is -0.141. The zero-order valence-corrected chi connectivity index (χ0v) is 16.1. The molecule has 0 radical (unpaired) electrons. The quantitative estimate of drug-likeness (QED) is 0.801. The van der Waals surface area contributed by atoms with Crippen LogP contribution in [0.5, 0.6) is 5.75 Å². The first-order chi connectivity index (χ1) is 13.2. The maximum Gasteiger partial charge on any atom is 0.260 e. The Hall–Kier alpha value is -2.04. The molecule has 0 spiro atoms. The second-order valence-electron chi connectivity index (χ2n) is 8.19. The Morgan fingerprint density at radius 2 is 1.56 bits per heavy atom. The zero-order valence-electron chi connectivity index (χ0n) is 16.1. The van der Waals surface area contributed by atoms with Gasteiger partial charge in [-0.1, -0.05) is 18.9 Å². The van der Waals surface area contributed by atoms with Crippen LogP contribution in [0.3, 0.4) is 0 Å². The fraction of sp³-hybridized carbons (Fsp3) is 0.636. The number of rotatable bonds is 5. The van der Waals surface area contributed by atoms with Gasteiger partial charge in [-0.25, -0.2) is 0 Å². The third-order valence-electron chi connectivity index (χ3n) is 6.36. The monoisotopic (exact) mass is 370 g/mol. The minimum absolute atomic E-state index is 0.0124. The molecular formula is C22H30N2O3. The van der Waals surface area contributed by atoms with Crippen LogP contribution in [0, 0.1) is 5.92 Å². The lowest BCUT2D eigenvalue weighted by Crippen LogP contribution is -2.51. The summed E-state index contributed by atoms with van der Waals surface area (Å²) in [7, 11) is 0. The van der Waals surface area contributed by atoms with E-state index in [0.29, 0.717) is 38.5 Å². The maximum atomic E-state index is 12.5. The van der Waals surface area contributed by atoms with Crippen LogP contribution in [-0.4, -0.2) is 54.4 Å². The van der Waals surface area contributed by atoms with Crippen LogP contribution in [0.1, 0.15) is 49.7 Å².